The first-order valence-corrected chi connectivity index (χ1v) is 6.56. The molecule has 0 aliphatic carbocycles. The predicted molar refractivity (Wildman–Crippen MR) is 79.8 cm³/mol. The lowest BCUT2D eigenvalue weighted by Gasteiger charge is -2.05. The van der Waals surface area contributed by atoms with E-state index in [-0.39, 0.29) is 11.5 Å². The lowest BCUT2D eigenvalue weighted by molar-refractivity contribution is 0.104. The minimum Gasteiger partial charge on any atom is -0.506 e. The van der Waals surface area contributed by atoms with E-state index in [0.717, 1.165) is 11.1 Å². The van der Waals surface area contributed by atoms with Crippen LogP contribution in [0.1, 0.15) is 34.0 Å². The molecule has 102 valence electrons. The Balaban J connectivity index is 2.26. The Morgan fingerprint density at radius 3 is 2.60 bits per heavy atom. The molecule has 1 aromatic heterocycles. The number of nitrogens with zero attached hydrogens (tertiary/aromatic N) is 1. The van der Waals surface area contributed by atoms with Gasteiger partial charge in [0.05, 0.1) is 11.8 Å². The molecule has 3 heteroatoms. The van der Waals surface area contributed by atoms with Crippen LogP contribution in [0, 0.1) is 6.92 Å². The van der Waals surface area contributed by atoms with E-state index in [1.54, 1.807) is 12.3 Å². The van der Waals surface area contributed by atoms with E-state index in [0.29, 0.717) is 12.0 Å². The van der Waals surface area contributed by atoms with Crippen molar-refractivity contribution in [2.24, 2.45) is 0 Å². The number of carbonyl (C=O) groups is 1. The van der Waals surface area contributed by atoms with Crippen molar-refractivity contribution in [1.29, 1.82) is 0 Å². The molecular weight excluding hydrogens is 250 g/mol. The highest BCUT2D eigenvalue weighted by molar-refractivity contribution is 6.09. The summed E-state index contributed by atoms with van der Waals surface area (Å²) < 4.78 is 0. The molecule has 1 N–H and O–H groups in total. The number of pyridine rings is 1. The predicted octanol–water partition coefficient (Wildman–Crippen LogP) is 3.55. The van der Waals surface area contributed by atoms with Crippen molar-refractivity contribution in [1.82, 2.24) is 4.98 Å². The van der Waals surface area contributed by atoms with Crippen molar-refractivity contribution in [2.45, 2.75) is 20.3 Å². The fraction of sp³-hybridized carbons (Fsp3) is 0.176. The van der Waals surface area contributed by atoms with Crippen LogP contribution in [0.15, 0.2) is 42.7 Å². The van der Waals surface area contributed by atoms with Crippen LogP contribution >= 0.6 is 0 Å². The third-order valence-electron chi connectivity index (χ3n) is 3.14. The Morgan fingerprint density at radius 1 is 1.25 bits per heavy atom. The van der Waals surface area contributed by atoms with E-state index >= 15 is 0 Å². The zero-order valence-corrected chi connectivity index (χ0v) is 11.6. The second-order valence-corrected chi connectivity index (χ2v) is 4.65. The molecule has 0 fully saturated rings. The molecule has 0 unspecified atom stereocenters. The Bertz CT molecular complexity index is 643. The summed E-state index contributed by atoms with van der Waals surface area (Å²) in [4.78, 5) is 16.1. The van der Waals surface area contributed by atoms with Gasteiger partial charge in [-0.05, 0) is 30.5 Å². The van der Waals surface area contributed by atoms with Crippen LogP contribution in [0.4, 0.5) is 0 Å². The van der Waals surface area contributed by atoms with Gasteiger partial charge < -0.3 is 5.11 Å². The topological polar surface area (TPSA) is 50.2 Å². The molecule has 0 radical (unpaired) electrons. The summed E-state index contributed by atoms with van der Waals surface area (Å²) in [6.07, 6.45) is 6.81. The highest BCUT2D eigenvalue weighted by atomic mass is 16.3. The van der Waals surface area contributed by atoms with E-state index in [9.17, 15) is 9.90 Å². The van der Waals surface area contributed by atoms with Crippen LogP contribution in [-0.2, 0) is 6.42 Å². The van der Waals surface area contributed by atoms with Crippen LogP contribution in [0.3, 0.4) is 0 Å². The van der Waals surface area contributed by atoms with Crippen LogP contribution < -0.4 is 0 Å². The Morgan fingerprint density at radius 2 is 1.95 bits per heavy atom. The van der Waals surface area contributed by atoms with E-state index in [1.165, 1.54) is 17.8 Å². The van der Waals surface area contributed by atoms with Crippen molar-refractivity contribution in [3.63, 3.8) is 0 Å². The van der Waals surface area contributed by atoms with E-state index in [4.69, 9.17) is 0 Å². The first-order chi connectivity index (χ1) is 9.61. The van der Waals surface area contributed by atoms with Crippen LogP contribution in [0.2, 0.25) is 0 Å². The lowest BCUT2D eigenvalue weighted by Crippen LogP contribution is -2.01. The SMILES string of the molecule is CCc1cncc(O)c1C(=O)/C=C/c1ccc(C)cc1. The number of hydrogen-bond acceptors (Lipinski definition) is 3. The summed E-state index contributed by atoms with van der Waals surface area (Å²) in [6, 6.07) is 7.88. The number of aryl methyl sites for hydroxylation is 2. The molecule has 1 aromatic carbocycles. The maximum Gasteiger partial charge on any atom is 0.189 e. The number of benzene rings is 1. The first-order valence-electron chi connectivity index (χ1n) is 6.56. The van der Waals surface area contributed by atoms with E-state index in [1.807, 2.05) is 38.1 Å². The quantitative estimate of drug-likeness (QED) is 0.680. The van der Waals surface area contributed by atoms with Gasteiger partial charge in [-0.2, -0.15) is 0 Å². The van der Waals surface area contributed by atoms with Gasteiger partial charge in [0.25, 0.3) is 0 Å². The van der Waals surface area contributed by atoms with Gasteiger partial charge >= 0.3 is 0 Å². The van der Waals surface area contributed by atoms with Crippen molar-refractivity contribution in [3.8, 4) is 5.75 Å². The van der Waals surface area contributed by atoms with Gasteiger partial charge in [-0.15, -0.1) is 0 Å². The maximum absolute atomic E-state index is 12.2. The number of rotatable bonds is 4. The molecular formula is C17H17NO2. The highest BCUT2D eigenvalue weighted by Crippen LogP contribution is 2.21. The van der Waals surface area contributed by atoms with Gasteiger partial charge in [0.2, 0.25) is 0 Å². The fourth-order valence-corrected chi connectivity index (χ4v) is 1.98. The summed E-state index contributed by atoms with van der Waals surface area (Å²) in [5, 5.41) is 9.81. The lowest BCUT2D eigenvalue weighted by atomic mass is 10.0. The molecule has 0 saturated heterocycles. The summed E-state index contributed by atoms with van der Waals surface area (Å²) in [5.74, 6) is -0.273. The van der Waals surface area contributed by atoms with E-state index in [2.05, 4.69) is 4.98 Å². The summed E-state index contributed by atoms with van der Waals surface area (Å²) in [5.41, 5.74) is 3.22. The molecule has 0 bridgehead atoms. The molecule has 1 heterocycles. The number of aromatic hydroxyl groups is 1. The normalized spacial score (nSPS) is 10.9. The molecule has 2 rings (SSSR count). The largest absolute Gasteiger partial charge is 0.506 e. The molecule has 0 amide bonds. The second kappa shape index (κ2) is 6.15. The Kier molecular flexibility index (Phi) is 4.31. The van der Waals surface area contributed by atoms with Gasteiger partial charge in [0.15, 0.2) is 5.78 Å². The van der Waals surface area contributed by atoms with Gasteiger partial charge in [-0.3, -0.25) is 9.78 Å². The minimum atomic E-state index is -0.206. The number of carbonyl (C=O) groups excluding carboxylic acids is 1. The molecule has 0 aliphatic heterocycles. The van der Waals surface area contributed by atoms with Gasteiger partial charge in [0, 0.05) is 6.20 Å². The third-order valence-corrected chi connectivity index (χ3v) is 3.14. The standard InChI is InChI=1S/C17H17NO2/c1-3-14-10-18-11-16(20)17(14)15(19)9-8-13-6-4-12(2)5-7-13/h4-11,20H,3H2,1-2H3/b9-8+. The zero-order valence-electron chi connectivity index (χ0n) is 11.6. The summed E-state index contributed by atoms with van der Waals surface area (Å²) in [7, 11) is 0. The third kappa shape index (κ3) is 3.12. The average molecular weight is 267 g/mol. The number of ketones is 1. The monoisotopic (exact) mass is 267 g/mol. The van der Waals surface area contributed by atoms with Gasteiger partial charge in [-0.25, -0.2) is 0 Å². The van der Waals surface area contributed by atoms with Crippen LogP contribution in [-0.4, -0.2) is 15.9 Å². The molecule has 2 aromatic rings. The molecule has 0 aliphatic rings. The zero-order chi connectivity index (χ0) is 14.5. The molecule has 0 spiro atoms. The average Bonchev–Trinajstić information content (AvgIpc) is 2.46. The molecule has 20 heavy (non-hydrogen) atoms. The van der Waals surface area contributed by atoms with Gasteiger partial charge in [0.1, 0.15) is 5.75 Å². The van der Waals surface area contributed by atoms with Crippen LogP contribution in [0.5, 0.6) is 5.75 Å². The van der Waals surface area contributed by atoms with Crippen molar-refractivity contribution in [2.75, 3.05) is 0 Å². The van der Waals surface area contributed by atoms with Crippen molar-refractivity contribution >= 4 is 11.9 Å². The summed E-state index contributed by atoms with van der Waals surface area (Å²) >= 11 is 0. The number of allylic oxidation sites excluding steroid dienone is 1. The summed E-state index contributed by atoms with van der Waals surface area (Å²) in [6.45, 7) is 3.94. The smallest absolute Gasteiger partial charge is 0.189 e. The van der Waals surface area contributed by atoms with E-state index < -0.39 is 0 Å². The van der Waals surface area contributed by atoms with Crippen molar-refractivity contribution in [3.05, 3.63) is 65.0 Å². The van der Waals surface area contributed by atoms with Crippen molar-refractivity contribution < 1.29 is 9.90 Å². The number of aromatic nitrogens is 1. The first kappa shape index (κ1) is 14.0. The number of hydrogen-bond donors (Lipinski definition) is 1. The van der Waals surface area contributed by atoms with Gasteiger partial charge in [-0.1, -0.05) is 42.8 Å². The maximum atomic E-state index is 12.2. The Hall–Kier alpha value is -2.42. The second-order valence-electron chi connectivity index (χ2n) is 4.65. The minimum absolute atomic E-state index is 0.0668. The molecule has 0 saturated carbocycles. The van der Waals surface area contributed by atoms with Crippen LogP contribution in [0.25, 0.3) is 6.08 Å². The fourth-order valence-electron chi connectivity index (χ4n) is 1.98. The highest BCUT2D eigenvalue weighted by Gasteiger charge is 2.13. The molecule has 0 atom stereocenters. The molecule has 3 nitrogen and oxygen atoms in total. The Labute approximate surface area is 118 Å².